The second-order valence-corrected chi connectivity index (χ2v) is 2.27. The number of rotatable bonds is 4. The number of carbonyl (C=O) groups excluding carboxylic acids is 1. The number of carbonyl (C=O) groups is 1. The molecule has 3 nitrogen and oxygen atoms in total. The fourth-order valence-electron chi connectivity index (χ4n) is 0.502. The van der Waals surface area contributed by atoms with Crippen LogP contribution in [0.1, 0.15) is 19.8 Å². The molecule has 1 unspecified atom stereocenters. The zero-order valence-electron chi connectivity index (χ0n) is 5.84. The van der Waals surface area contributed by atoms with Crippen LogP contribution in [0.2, 0.25) is 0 Å². The monoisotopic (exact) mass is 166 g/mol. The van der Waals surface area contributed by atoms with Gasteiger partial charge < -0.3 is 9.84 Å². The third kappa shape index (κ3) is 5.85. The highest BCUT2D eigenvalue weighted by atomic mass is 35.5. The molecule has 60 valence electrons. The maximum absolute atomic E-state index is 10.2. The molecule has 0 amide bonds. The molecular formula is C6H11ClO3. The van der Waals surface area contributed by atoms with E-state index in [0.717, 1.165) is 0 Å². The van der Waals surface area contributed by atoms with E-state index in [1.807, 2.05) is 0 Å². The van der Waals surface area contributed by atoms with Crippen LogP contribution in [-0.2, 0) is 9.53 Å². The molecule has 0 aromatic carbocycles. The number of aliphatic hydroxyl groups excluding tert-OH is 1. The Morgan fingerprint density at radius 3 is 2.80 bits per heavy atom. The van der Waals surface area contributed by atoms with E-state index in [2.05, 4.69) is 4.74 Å². The topological polar surface area (TPSA) is 46.5 Å². The first-order valence-electron chi connectivity index (χ1n) is 3.08. The molecule has 0 aliphatic carbocycles. The van der Waals surface area contributed by atoms with Crippen LogP contribution in [0.3, 0.4) is 0 Å². The second-order valence-electron chi connectivity index (χ2n) is 1.90. The predicted octanol–water partition coefficient (Wildman–Crippen LogP) is 0.887. The predicted molar refractivity (Wildman–Crippen MR) is 37.7 cm³/mol. The van der Waals surface area contributed by atoms with E-state index in [1.54, 1.807) is 0 Å². The van der Waals surface area contributed by atoms with Crippen molar-refractivity contribution in [2.45, 2.75) is 26.1 Å². The van der Waals surface area contributed by atoms with Gasteiger partial charge in [-0.3, -0.25) is 4.79 Å². The van der Waals surface area contributed by atoms with E-state index in [-0.39, 0.29) is 0 Å². The molecule has 4 heteroatoms. The Balaban J connectivity index is 3.25. The van der Waals surface area contributed by atoms with Crippen molar-refractivity contribution in [2.24, 2.45) is 0 Å². The summed E-state index contributed by atoms with van der Waals surface area (Å²) in [4.78, 5) is 10.2. The van der Waals surface area contributed by atoms with Crippen LogP contribution in [0.5, 0.6) is 0 Å². The fourth-order valence-corrected chi connectivity index (χ4v) is 0.657. The van der Waals surface area contributed by atoms with Crippen molar-refractivity contribution in [1.82, 2.24) is 0 Å². The van der Waals surface area contributed by atoms with Gasteiger partial charge in [-0.25, -0.2) is 0 Å². The van der Waals surface area contributed by atoms with Crippen LogP contribution in [0.4, 0.5) is 0 Å². The highest BCUT2D eigenvalue weighted by molar-refractivity contribution is 6.17. The van der Waals surface area contributed by atoms with E-state index in [0.29, 0.717) is 18.7 Å². The summed E-state index contributed by atoms with van der Waals surface area (Å²) < 4.78 is 4.41. The number of aliphatic hydroxyl groups is 1. The molecule has 0 saturated heterocycles. The molecule has 0 spiro atoms. The Morgan fingerprint density at radius 2 is 2.40 bits per heavy atom. The summed E-state index contributed by atoms with van der Waals surface area (Å²) in [6, 6.07) is 0. The van der Waals surface area contributed by atoms with E-state index in [4.69, 9.17) is 16.7 Å². The lowest BCUT2D eigenvalue weighted by molar-refractivity contribution is -0.165. The molecule has 10 heavy (non-hydrogen) atoms. The summed E-state index contributed by atoms with van der Waals surface area (Å²) in [6.07, 6.45) is 0.0651. The quantitative estimate of drug-likeness (QED) is 0.383. The van der Waals surface area contributed by atoms with Crippen molar-refractivity contribution in [3.8, 4) is 0 Å². The molecule has 0 fully saturated rings. The van der Waals surface area contributed by atoms with Crippen LogP contribution >= 0.6 is 11.6 Å². The van der Waals surface area contributed by atoms with Gasteiger partial charge in [-0.1, -0.05) is 0 Å². The van der Waals surface area contributed by atoms with Gasteiger partial charge in [0.05, 0.1) is 0 Å². The summed E-state index contributed by atoms with van der Waals surface area (Å²) in [6.45, 7) is 1.25. The summed E-state index contributed by atoms with van der Waals surface area (Å²) >= 11 is 5.33. The number of hydrogen-bond donors (Lipinski definition) is 1. The fraction of sp³-hybridized carbons (Fsp3) is 0.833. The molecule has 1 atom stereocenters. The number of hydrogen-bond acceptors (Lipinski definition) is 3. The van der Waals surface area contributed by atoms with Gasteiger partial charge in [0.2, 0.25) is 6.29 Å². The number of ether oxygens (including phenoxy) is 1. The normalized spacial score (nSPS) is 12.7. The Labute approximate surface area is 64.9 Å². The molecule has 0 aromatic rings. The van der Waals surface area contributed by atoms with Gasteiger partial charge in [0.1, 0.15) is 0 Å². The van der Waals surface area contributed by atoms with E-state index in [9.17, 15) is 4.79 Å². The van der Waals surface area contributed by atoms with Crippen LogP contribution < -0.4 is 0 Å². The Kier molecular flexibility index (Phi) is 5.35. The Bertz CT molecular complexity index is 105. The second kappa shape index (κ2) is 5.50. The van der Waals surface area contributed by atoms with Crippen molar-refractivity contribution >= 4 is 17.6 Å². The minimum Gasteiger partial charge on any atom is -0.436 e. The van der Waals surface area contributed by atoms with Crippen molar-refractivity contribution in [1.29, 1.82) is 0 Å². The Hall–Kier alpha value is -0.280. The first kappa shape index (κ1) is 9.72. The summed E-state index contributed by atoms with van der Waals surface area (Å²) in [7, 11) is 0. The largest absolute Gasteiger partial charge is 0.436 e. The molecule has 0 rings (SSSR count). The minimum atomic E-state index is -0.990. The molecule has 1 N–H and O–H groups in total. The van der Waals surface area contributed by atoms with Crippen molar-refractivity contribution < 1.29 is 14.6 Å². The number of halogens is 1. The van der Waals surface area contributed by atoms with Gasteiger partial charge in [0.25, 0.3) is 0 Å². The van der Waals surface area contributed by atoms with Crippen molar-refractivity contribution in [2.75, 3.05) is 5.88 Å². The maximum atomic E-state index is 10.2. The van der Waals surface area contributed by atoms with Gasteiger partial charge in [0.15, 0.2) is 0 Å². The lowest BCUT2D eigenvalue weighted by atomic mass is 10.3. The van der Waals surface area contributed by atoms with Crippen LogP contribution in [0.25, 0.3) is 0 Å². The standard InChI is InChI=1S/C6H11ClO3/c1-5(8)10-6(9)3-2-4-7/h6,9H,2-4H2,1H3. The molecule has 0 aliphatic heterocycles. The molecule has 0 saturated carbocycles. The first-order chi connectivity index (χ1) is 4.66. The SMILES string of the molecule is CC(=O)OC(O)CCCCl. The van der Waals surface area contributed by atoms with Gasteiger partial charge in [-0.15, -0.1) is 11.6 Å². The Morgan fingerprint density at radius 1 is 1.80 bits per heavy atom. The van der Waals surface area contributed by atoms with Crippen LogP contribution in [-0.4, -0.2) is 23.2 Å². The van der Waals surface area contributed by atoms with Gasteiger partial charge in [-0.2, -0.15) is 0 Å². The zero-order chi connectivity index (χ0) is 7.98. The van der Waals surface area contributed by atoms with E-state index >= 15 is 0 Å². The van der Waals surface area contributed by atoms with Crippen molar-refractivity contribution in [3.63, 3.8) is 0 Å². The molecule has 0 aromatic heterocycles. The summed E-state index contributed by atoms with van der Waals surface area (Å²) in [5.41, 5.74) is 0. The maximum Gasteiger partial charge on any atom is 0.304 e. The smallest absolute Gasteiger partial charge is 0.304 e. The highest BCUT2D eigenvalue weighted by Crippen LogP contribution is 1.99. The number of esters is 1. The van der Waals surface area contributed by atoms with Crippen LogP contribution in [0.15, 0.2) is 0 Å². The average molecular weight is 167 g/mol. The third-order valence-electron chi connectivity index (χ3n) is 0.887. The zero-order valence-corrected chi connectivity index (χ0v) is 6.60. The van der Waals surface area contributed by atoms with Gasteiger partial charge >= 0.3 is 5.97 Å². The average Bonchev–Trinajstić information content (AvgIpc) is 1.82. The molecule has 0 aliphatic rings. The minimum absolute atomic E-state index is 0.406. The first-order valence-corrected chi connectivity index (χ1v) is 3.61. The number of alkyl halides is 1. The third-order valence-corrected chi connectivity index (χ3v) is 1.15. The molecule has 0 radical (unpaired) electrons. The molecule has 0 bridgehead atoms. The van der Waals surface area contributed by atoms with E-state index < -0.39 is 12.3 Å². The summed E-state index contributed by atoms with van der Waals surface area (Å²) in [5.74, 6) is 0.000257. The summed E-state index contributed by atoms with van der Waals surface area (Å²) in [5, 5.41) is 8.85. The lowest BCUT2D eigenvalue weighted by Gasteiger charge is -2.08. The van der Waals surface area contributed by atoms with Crippen molar-refractivity contribution in [3.05, 3.63) is 0 Å². The molecular weight excluding hydrogens is 156 g/mol. The highest BCUT2D eigenvalue weighted by Gasteiger charge is 2.04. The van der Waals surface area contributed by atoms with Gasteiger partial charge in [-0.05, 0) is 6.42 Å². The van der Waals surface area contributed by atoms with Crippen LogP contribution in [0, 0.1) is 0 Å². The molecule has 0 heterocycles. The lowest BCUT2D eigenvalue weighted by Crippen LogP contribution is -2.15. The van der Waals surface area contributed by atoms with E-state index in [1.165, 1.54) is 6.92 Å². The van der Waals surface area contributed by atoms with Gasteiger partial charge in [0, 0.05) is 19.2 Å².